The molecular weight excluding hydrogens is 252 g/mol. The van der Waals surface area contributed by atoms with Crippen LogP contribution in [0.4, 0.5) is 11.4 Å². The molecule has 1 aromatic rings. The molecule has 108 valence electrons. The van der Waals surface area contributed by atoms with Crippen LogP contribution >= 0.6 is 0 Å². The van der Waals surface area contributed by atoms with Crippen LogP contribution in [0.2, 0.25) is 0 Å². The lowest BCUT2D eigenvalue weighted by atomic mass is 10.1. The number of hydrogen-bond acceptors (Lipinski definition) is 3. The number of rotatable bonds is 3. The van der Waals surface area contributed by atoms with Crippen LogP contribution in [0.1, 0.15) is 31.2 Å². The molecular formula is C16H22N2O2. The number of nitrogens with one attached hydrogen (secondary N) is 1. The normalized spacial score (nSPS) is 22.2. The number of aryl methyl sites for hydroxylation is 1. The topological polar surface area (TPSA) is 41.6 Å². The fourth-order valence-electron chi connectivity index (χ4n) is 2.96. The fourth-order valence-corrected chi connectivity index (χ4v) is 2.96. The van der Waals surface area contributed by atoms with E-state index < -0.39 is 0 Å². The van der Waals surface area contributed by atoms with Crippen LogP contribution in [0.25, 0.3) is 0 Å². The minimum Gasteiger partial charge on any atom is -0.372 e. The second-order valence-corrected chi connectivity index (χ2v) is 5.68. The lowest BCUT2D eigenvalue weighted by Crippen LogP contribution is -2.27. The molecule has 3 rings (SSSR count). The molecule has 4 nitrogen and oxygen atoms in total. The molecule has 2 fully saturated rings. The Morgan fingerprint density at radius 2 is 2.10 bits per heavy atom. The second kappa shape index (κ2) is 5.83. The summed E-state index contributed by atoms with van der Waals surface area (Å²) in [6, 6.07) is 6.27. The van der Waals surface area contributed by atoms with Gasteiger partial charge in [0.15, 0.2) is 0 Å². The predicted octanol–water partition coefficient (Wildman–Crippen LogP) is 2.71. The van der Waals surface area contributed by atoms with E-state index in [1.807, 2.05) is 13.0 Å². The molecule has 1 amide bonds. The van der Waals surface area contributed by atoms with Gasteiger partial charge in [0.2, 0.25) is 0 Å². The summed E-state index contributed by atoms with van der Waals surface area (Å²) < 4.78 is 5.41. The average molecular weight is 274 g/mol. The number of carbonyl (C=O) groups is 1. The molecule has 0 bridgehead atoms. The molecule has 0 radical (unpaired) electrons. The largest absolute Gasteiger partial charge is 0.372 e. The zero-order valence-electron chi connectivity index (χ0n) is 12.0. The Bertz CT molecular complexity index is 489. The van der Waals surface area contributed by atoms with Gasteiger partial charge >= 0.3 is 0 Å². The summed E-state index contributed by atoms with van der Waals surface area (Å²) in [4.78, 5) is 14.5. The quantitative estimate of drug-likeness (QED) is 0.921. The van der Waals surface area contributed by atoms with Gasteiger partial charge in [0.25, 0.3) is 5.91 Å². The highest BCUT2D eigenvalue weighted by atomic mass is 16.5. The van der Waals surface area contributed by atoms with E-state index in [2.05, 4.69) is 22.3 Å². The third kappa shape index (κ3) is 2.80. The molecule has 0 spiro atoms. The van der Waals surface area contributed by atoms with E-state index >= 15 is 0 Å². The van der Waals surface area contributed by atoms with Crippen molar-refractivity contribution in [2.24, 2.45) is 0 Å². The summed E-state index contributed by atoms with van der Waals surface area (Å²) in [7, 11) is 0. The maximum Gasteiger partial charge on any atom is 0.253 e. The highest BCUT2D eigenvalue weighted by molar-refractivity contribution is 5.95. The zero-order chi connectivity index (χ0) is 13.9. The summed E-state index contributed by atoms with van der Waals surface area (Å²) in [5.74, 6) is -0.0143. The molecule has 1 atom stereocenters. The SMILES string of the molecule is Cc1cc(N2CCCC2)ccc1NC(=O)C1CCCO1. The molecule has 1 N–H and O–H groups in total. The molecule has 2 aliphatic heterocycles. The van der Waals surface area contributed by atoms with E-state index in [1.54, 1.807) is 0 Å². The molecule has 2 saturated heterocycles. The number of benzene rings is 1. The Hall–Kier alpha value is -1.55. The third-order valence-electron chi connectivity index (χ3n) is 4.16. The molecule has 0 aromatic heterocycles. The highest BCUT2D eigenvalue weighted by Gasteiger charge is 2.24. The van der Waals surface area contributed by atoms with Gasteiger partial charge in [-0.3, -0.25) is 4.79 Å². The van der Waals surface area contributed by atoms with Crippen LogP contribution in [-0.4, -0.2) is 31.7 Å². The van der Waals surface area contributed by atoms with Crippen molar-refractivity contribution in [1.29, 1.82) is 0 Å². The van der Waals surface area contributed by atoms with Gasteiger partial charge in [-0.15, -0.1) is 0 Å². The van der Waals surface area contributed by atoms with Crippen molar-refractivity contribution in [3.05, 3.63) is 23.8 Å². The molecule has 0 aliphatic carbocycles. The van der Waals surface area contributed by atoms with Crippen LogP contribution in [-0.2, 0) is 9.53 Å². The van der Waals surface area contributed by atoms with Gasteiger partial charge in [-0.05, 0) is 56.4 Å². The number of hydrogen-bond donors (Lipinski definition) is 1. The van der Waals surface area contributed by atoms with E-state index in [4.69, 9.17) is 4.74 Å². The predicted molar refractivity (Wildman–Crippen MR) is 80.2 cm³/mol. The highest BCUT2D eigenvalue weighted by Crippen LogP contribution is 2.26. The minimum atomic E-state index is -0.271. The summed E-state index contributed by atoms with van der Waals surface area (Å²) in [5.41, 5.74) is 3.27. The van der Waals surface area contributed by atoms with Crippen molar-refractivity contribution in [2.45, 2.75) is 38.7 Å². The Morgan fingerprint density at radius 1 is 1.30 bits per heavy atom. The van der Waals surface area contributed by atoms with E-state index in [0.717, 1.165) is 37.2 Å². The van der Waals surface area contributed by atoms with Gasteiger partial charge in [-0.2, -0.15) is 0 Å². The smallest absolute Gasteiger partial charge is 0.253 e. The Balaban J connectivity index is 1.68. The van der Waals surface area contributed by atoms with Gasteiger partial charge in [0.05, 0.1) is 0 Å². The Morgan fingerprint density at radius 3 is 2.75 bits per heavy atom. The molecule has 1 aromatic carbocycles. The second-order valence-electron chi connectivity index (χ2n) is 5.68. The first-order valence-corrected chi connectivity index (χ1v) is 7.52. The zero-order valence-corrected chi connectivity index (χ0v) is 12.0. The minimum absolute atomic E-state index is 0.0143. The molecule has 2 aliphatic rings. The summed E-state index contributed by atoms with van der Waals surface area (Å²) in [6.45, 7) is 5.03. The number of nitrogens with zero attached hydrogens (tertiary/aromatic N) is 1. The van der Waals surface area contributed by atoms with Gasteiger partial charge in [-0.25, -0.2) is 0 Å². The first kappa shape index (κ1) is 13.4. The fraction of sp³-hybridized carbons (Fsp3) is 0.562. The summed E-state index contributed by atoms with van der Waals surface area (Å²) in [6.07, 6.45) is 4.09. The molecule has 1 unspecified atom stereocenters. The van der Waals surface area contributed by atoms with Crippen molar-refractivity contribution in [3.8, 4) is 0 Å². The van der Waals surface area contributed by atoms with Gasteiger partial charge in [-0.1, -0.05) is 0 Å². The van der Waals surface area contributed by atoms with Crippen molar-refractivity contribution in [2.75, 3.05) is 29.9 Å². The Labute approximate surface area is 120 Å². The Kier molecular flexibility index (Phi) is 3.92. The van der Waals surface area contributed by atoms with E-state index in [1.165, 1.54) is 18.5 Å². The average Bonchev–Trinajstić information content (AvgIpc) is 3.14. The van der Waals surface area contributed by atoms with Crippen molar-refractivity contribution < 1.29 is 9.53 Å². The summed E-state index contributed by atoms with van der Waals surface area (Å²) >= 11 is 0. The molecule has 2 heterocycles. The molecule has 20 heavy (non-hydrogen) atoms. The van der Waals surface area contributed by atoms with Crippen molar-refractivity contribution in [1.82, 2.24) is 0 Å². The van der Waals surface area contributed by atoms with E-state index in [9.17, 15) is 4.79 Å². The van der Waals surface area contributed by atoms with Gasteiger partial charge < -0.3 is 15.0 Å². The monoisotopic (exact) mass is 274 g/mol. The third-order valence-corrected chi connectivity index (χ3v) is 4.16. The number of carbonyl (C=O) groups excluding carboxylic acids is 1. The van der Waals surface area contributed by atoms with E-state index in [0.29, 0.717) is 6.61 Å². The maximum atomic E-state index is 12.1. The van der Waals surface area contributed by atoms with Gasteiger partial charge in [0, 0.05) is 31.1 Å². The van der Waals surface area contributed by atoms with Crippen molar-refractivity contribution in [3.63, 3.8) is 0 Å². The van der Waals surface area contributed by atoms with Gasteiger partial charge in [0.1, 0.15) is 6.10 Å². The standard InChI is InChI=1S/C16H22N2O2/c1-12-11-13(18-8-2-3-9-18)6-7-14(12)17-16(19)15-5-4-10-20-15/h6-7,11,15H,2-5,8-10H2,1H3,(H,17,19). The number of anilines is 2. The first-order valence-electron chi connectivity index (χ1n) is 7.52. The molecule has 4 heteroatoms. The van der Waals surface area contributed by atoms with Crippen LogP contribution in [0.15, 0.2) is 18.2 Å². The lowest BCUT2D eigenvalue weighted by Gasteiger charge is -2.19. The first-order chi connectivity index (χ1) is 9.74. The van der Waals surface area contributed by atoms with Crippen LogP contribution in [0.3, 0.4) is 0 Å². The van der Waals surface area contributed by atoms with Crippen LogP contribution < -0.4 is 10.2 Å². The lowest BCUT2D eigenvalue weighted by molar-refractivity contribution is -0.124. The molecule has 0 saturated carbocycles. The van der Waals surface area contributed by atoms with Crippen LogP contribution in [0.5, 0.6) is 0 Å². The number of ether oxygens (including phenoxy) is 1. The maximum absolute atomic E-state index is 12.1. The van der Waals surface area contributed by atoms with E-state index in [-0.39, 0.29) is 12.0 Å². The number of amides is 1. The van der Waals surface area contributed by atoms with Crippen LogP contribution in [0, 0.1) is 6.92 Å². The van der Waals surface area contributed by atoms with Crippen molar-refractivity contribution >= 4 is 17.3 Å². The summed E-state index contributed by atoms with van der Waals surface area (Å²) in [5, 5.41) is 2.99.